The molecule has 0 bridgehead atoms. The average molecular weight is 304 g/mol. The minimum Gasteiger partial charge on any atom is -0.338 e. The Bertz CT molecular complexity index is 658. The minimum atomic E-state index is -0.00574. The first kappa shape index (κ1) is 15.3. The van der Waals surface area contributed by atoms with Crippen LogP contribution in [0.2, 0.25) is 5.02 Å². The van der Waals surface area contributed by atoms with Crippen LogP contribution >= 0.6 is 11.6 Å². The van der Waals surface area contributed by atoms with E-state index in [1.165, 1.54) is 0 Å². The molecule has 21 heavy (non-hydrogen) atoms. The van der Waals surface area contributed by atoms with Gasteiger partial charge in [0.2, 0.25) is 5.91 Å². The van der Waals surface area contributed by atoms with Crippen molar-refractivity contribution in [2.75, 3.05) is 7.05 Å². The van der Waals surface area contributed by atoms with Crippen LogP contribution in [0.25, 0.3) is 6.08 Å². The van der Waals surface area contributed by atoms with E-state index in [1.807, 2.05) is 50.5 Å². The zero-order valence-corrected chi connectivity index (χ0v) is 13.1. The third kappa shape index (κ3) is 4.20. The van der Waals surface area contributed by atoms with Crippen LogP contribution in [0.15, 0.2) is 42.2 Å². The number of nitrogens with zero attached hydrogens (tertiary/aromatic N) is 3. The highest BCUT2D eigenvalue weighted by atomic mass is 35.5. The number of aromatic nitrogens is 2. The molecular weight excluding hydrogens is 286 g/mol. The molecule has 2 aromatic rings. The van der Waals surface area contributed by atoms with Crippen LogP contribution in [0.1, 0.15) is 18.1 Å². The molecule has 1 aromatic heterocycles. The van der Waals surface area contributed by atoms with E-state index in [0.717, 1.165) is 11.1 Å². The van der Waals surface area contributed by atoms with Crippen LogP contribution in [-0.4, -0.2) is 27.6 Å². The summed E-state index contributed by atoms with van der Waals surface area (Å²) in [5.41, 5.74) is 2.65. The molecule has 1 heterocycles. The summed E-state index contributed by atoms with van der Waals surface area (Å²) in [5, 5.41) is 4.79. The van der Waals surface area contributed by atoms with Gasteiger partial charge in [-0.1, -0.05) is 23.7 Å². The molecule has 0 aliphatic heterocycles. The molecule has 1 aromatic carbocycles. The predicted molar refractivity (Wildman–Crippen MR) is 84.8 cm³/mol. The second-order valence-corrected chi connectivity index (χ2v) is 5.50. The molecule has 4 nitrogen and oxygen atoms in total. The number of halogens is 1. The third-order valence-corrected chi connectivity index (χ3v) is 3.37. The highest BCUT2D eigenvalue weighted by molar-refractivity contribution is 6.30. The molecule has 0 saturated carbocycles. The van der Waals surface area contributed by atoms with Crippen molar-refractivity contribution < 1.29 is 4.79 Å². The minimum absolute atomic E-state index is 0.00574. The van der Waals surface area contributed by atoms with Gasteiger partial charge in [-0.15, -0.1) is 0 Å². The van der Waals surface area contributed by atoms with Crippen molar-refractivity contribution in [2.24, 2.45) is 7.05 Å². The summed E-state index contributed by atoms with van der Waals surface area (Å²) in [7, 11) is 3.64. The number of rotatable bonds is 4. The van der Waals surface area contributed by atoms with Gasteiger partial charge in [0, 0.05) is 43.0 Å². The van der Waals surface area contributed by atoms with Crippen LogP contribution in [0.5, 0.6) is 0 Å². The maximum atomic E-state index is 12.3. The Morgan fingerprint density at radius 1 is 1.38 bits per heavy atom. The summed E-state index contributed by atoms with van der Waals surface area (Å²) in [6, 6.07) is 7.40. The van der Waals surface area contributed by atoms with Gasteiger partial charge in [0.25, 0.3) is 0 Å². The van der Waals surface area contributed by atoms with E-state index >= 15 is 0 Å². The van der Waals surface area contributed by atoms with Gasteiger partial charge in [0.1, 0.15) is 0 Å². The van der Waals surface area contributed by atoms with Gasteiger partial charge >= 0.3 is 0 Å². The number of hydrogen-bond acceptors (Lipinski definition) is 2. The van der Waals surface area contributed by atoms with E-state index < -0.39 is 0 Å². The second-order valence-electron chi connectivity index (χ2n) is 5.06. The molecular formula is C16H18ClN3O. The number of aryl methyl sites for hydroxylation is 1. The molecule has 110 valence electrons. The maximum Gasteiger partial charge on any atom is 0.249 e. The smallest absolute Gasteiger partial charge is 0.249 e. The van der Waals surface area contributed by atoms with Crippen molar-refractivity contribution in [1.29, 1.82) is 0 Å². The van der Waals surface area contributed by atoms with Gasteiger partial charge in [-0.25, -0.2) is 0 Å². The van der Waals surface area contributed by atoms with Crippen LogP contribution < -0.4 is 0 Å². The van der Waals surface area contributed by atoms with Gasteiger partial charge in [0.15, 0.2) is 0 Å². The van der Waals surface area contributed by atoms with E-state index in [-0.39, 0.29) is 5.91 Å². The Hall–Kier alpha value is -2.07. The van der Waals surface area contributed by atoms with E-state index in [2.05, 4.69) is 5.10 Å². The summed E-state index contributed by atoms with van der Waals surface area (Å²) in [6.45, 7) is 2.36. The molecule has 0 saturated heterocycles. The molecule has 5 heteroatoms. The molecule has 0 N–H and O–H groups in total. The largest absolute Gasteiger partial charge is 0.338 e. The molecule has 1 amide bonds. The predicted octanol–water partition coefficient (Wildman–Crippen LogP) is 3.14. The first-order valence-corrected chi connectivity index (χ1v) is 7.00. The SMILES string of the molecule is C/C(=C\c1ccc(Cl)cc1)C(=O)N(C)Cc1cnn(C)c1. The molecule has 0 aliphatic rings. The molecule has 0 aliphatic carbocycles. The quantitative estimate of drug-likeness (QED) is 0.814. The number of hydrogen-bond donors (Lipinski definition) is 0. The van der Waals surface area contributed by atoms with E-state index in [1.54, 1.807) is 22.8 Å². The Morgan fingerprint density at radius 2 is 2.05 bits per heavy atom. The van der Waals surface area contributed by atoms with Gasteiger partial charge in [-0.3, -0.25) is 9.48 Å². The Kier molecular flexibility index (Phi) is 4.81. The zero-order chi connectivity index (χ0) is 15.4. The lowest BCUT2D eigenvalue weighted by Crippen LogP contribution is -2.26. The van der Waals surface area contributed by atoms with Crippen molar-refractivity contribution in [2.45, 2.75) is 13.5 Å². The third-order valence-electron chi connectivity index (χ3n) is 3.12. The Morgan fingerprint density at radius 3 is 2.62 bits per heavy atom. The zero-order valence-electron chi connectivity index (χ0n) is 12.4. The monoisotopic (exact) mass is 303 g/mol. The van der Waals surface area contributed by atoms with Crippen LogP contribution in [-0.2, 0) is 18.4 Å². The van der Waals surface area contributed by atoms with E-state index in [4.69, 9.17) is 11.6 Å². The highest BCUT2D eigenvalue weighted by Gasteiger charge is 2.12. The van der Waals surface area contributed by atoms with Crippen molar-refractivity contribution in [3.63, 3.8) is 0 Å². The lowest BCUT2D eigenvalue weighted by Gasteiger charge is -2.16. The highest BCUT2D eigenvalue weighted by Crippen LogP contribution is 2.14. The van der Waals surface area contributed by atoms with Gasteiger partial charge in [-0.2, -0.15) is 5.10 Å². The standard InChI is InChI=1S/C16H18ClN3O/c1-12(8-13-4-6-15(17)7-5-13)16(21)19(2)10-14-9-18-20(3)11-14/h4-9,11H,10H2,1-3H3/b12-8+. The summed E-state index contributed by atoms with van der Waals surface area (Å²) in [4.78, 5) is 14.0. The van der Waals surface area contributed by atoms with Crippen molar-refractivity contribution >= 4 is 23.6 Å². The number of benzene rings is 1. The average Bonchev–Trinajstić information content (AvgIpc) is 2.85. The fourth-order valence-electron chi connectivity index (χ4n) is 2.07. The lowest BCUT2D eigenvalue weighted by molar-refractivity contribution is -0.126. The second kappa shape index (κ2) is 6.59. The van der Waals surface area contributed by atoms with Gasteiger partial charge < -0.3 is 4.90 Å². The van der Waals surface area contributed by atoms with Crippen LogP contribution in [0, 0.1) is 0 Å². The molecule has 0 unspecified atom stereocenters. The fraction of sp³-hybridized carbons (Fsp3) is 0.250. The Labute approximate surface area is 129 Å². The maximum absolute atomic E-state index is 12.3. The molecule has 2 rings (SSSR count). The molecule has 0 spiro atoms. The van der Waals surface area contributed by atoms with Crippen LogP contribution in [0.4, 0.5) is 0 Å². The summed E-state index contributed by atoms with van der Waals surface area (Å²) in [6.07, 6.45) is 5.53. The van der Waals surface area contributed by atoms with Crippen LogP contribution in [0.3, 0.4) is 0 Å². The molecule has 0 radical (unpaired) electrons. The van der Waals surface area contributed by atoms with Crippen molar-refractivity contribution in [3.05, 3.63) is 58.4 Å². The topological polar surface area (TPSA) is 38.1 Å². The van der Waals surface area contributed by atoms with E-state index in [0.29, 0.717) is 17.1 Å². The number of carbonyl (C=O) groups excluding carboxylic acids is 1. The summed E-state index contributed by atoms with van der Waals surface area (Å²) in [5.74, 6) is -0.00574. The first-order valence-electron chi connectivity index (χ1n) is 6.62. The first-order chi connectivity index (χ1) is 9.95. The van der Waals surface area contributed by atoms with Gasteiger partial charge in [0.05, 0.1) is 6.20 Å². The fourth-order valence-corrected chi connectivity index (χ4v) is 2.20. The van der Waals surface area contributed by atoms with Crippen molar-refractivity contribution in [1.82, 2.24) is 14.7 Å². The normalized spacial score (nSPS) is 11.5. The summed E-state index contributed by atoms with van der Waals surface area (Å²) < 4.78 is 1.73. The number of amides is 1. The van der Waals surface area contributed by atoms with Crippen molar-refractivity contribution in [3.8, 4) is 0 Å². The molecule has 0 fully saturated rings. The molecule has 0 atom stereocenters. The Balaban J connectivity index is 2.05. The number of carbonyl (C=O) groups is 1. The lowest BCUT2D eigenvalue weighted by atomic mass is 10.1. The van der Waals surface area contributed by atoms with E-state index in [9.17, 15) is 4.79 Å². The van der Waals surface area contributed by atoms with Gasteiger partial charge in [-0.05, 0) is 30.7 Å². The number of likely N-dealkylation sites (N-methyl/N-ethyl adjacent to an activating group) is 1. The summed E-state index contributed by atoms with van der Waals surface area (Å²) >= 11 is 5.85.